The zero-order valence-corrected chi connectivity index (χ0v) is 12.0. The molecule has 0 saturated carbocycles. The van der Waals surface area contributed by atoms with Crippen molar-refractivity contribution in [1.82, 2.24) is 10.2 Å². The van der Waals surface area contributed by atoms with Crippen molar-refractivity contribution in [3.63, 3.8) is 0 Å². The number of hydrogen-bond donors (Lipinski definition) is 2. The molecule has 106 valence electrons. The summed E-state index contributed by atoms with van der Waals surface area (Å²) < 4.78 is 0. The Morgan fingerprint density at radius 1 is 1.32 bits per heavy atom. The highest BCUT2D eigenvalue weighted by Gasteiger charge is 2.19. The van der Waals surface area contributed by atoms with Gasteiger partial charge in [-0.05, 0) is 19.4 Å². The van der Waals surface area contributed by atoms with Crippen molar-refractivity contribution in [3.8, 4) is 0 Å². The summed E-state index contributed by atoms with van der Waals surface area (Å²) in [5.41, 5.74) is 1.21. The predicted octanol–water partition coefficient (Wildman–Crippen LogP) is 2.20. The fraction of sp³-hybridized carbons (Fsp3) is 0.533. The van der Waals surface area contributed by atoms with E-state index < -0.39 is 0 Å². The van der Waals surface area contributed by atoms with Crippen LogP contribution in [0.2, 0.25) is 0 Å². The van der Waals surface area contributed by atoms with Crippen LogP contribution in [-0.2, 0) is 0 Å². The van der Waals surface area contributed by atoms with Gasteiger partial charge in [-0.1, -0.05) is 37.3 Å². The molecule has 0 heterocycles. The fourth-order valence-electron chi connectivity index (χ4n) is 1.98. The Morgan fingerprint density at radius 2 is 1.95 bits per heavy atom. The van der Waals surface area contributed by atoms with E-state index in [4.69, 9.17) is 5.11 Å². The highest BCUT2D eigenvalue weighted by atomic mass is 16.3. The number of carbonyl (C=O) groups is 1. The van der Waals surface area contributed by atoms with Crippen molar-refractivity contribution in [2.75, 3.05) is 19.7 Å². The maximum atomic E-state index is 12.0. The molecule has 0 radical (unpaired) electrons. The third-order valence-electron chi connectivity index (χ3n) is 3.47. The number of amides is 2. The van der Waals surface area contributed by atoms with Crippen molar-refractivity contribution in [1.29, 1.82) is 0 Å². The highest BCUT2D eigenvalue weighted by Crippen LogP contribution is 2.18. The van der Waals surface area contributed by atoms with Crippen molar-refractivity contribution < 1.29 is 9.90 Å². The second-order valence-electron chi connectivity index (χ2n) is 4.74. The maximum absolute atomic E-state index is 12.0. The molecule has 0 spiro atoms. The standard InChI is InChI=1S/C15H24N2O2/c1-4-17(10-11-18)15(19)16-13(3)12(2)14-8-6-5-7-9-14/h5-9,12-13,18H,4,10-11H2,1-3H3,(H,16,19). The van der Waals surface area contributed by atoms with E-state index in [1.54, 1.807) is 4.90 Å². The van der Waals surface area contributed by atoms with Crippen molar-refractivity contribution >= 4 is 6.03 Å². The van der Waals surface area contributed by atoms with Gasteiger partial charge >= 0.3 is 6.03 Å². The lowest BCUT2D eigenvalue weighted by atomic mass is 9.94. The number of nitrogens with one attached hydrogen (secondary N) is 1. The number of nitrogens with zero attached hydrogens (tertiary/aromatic N) is 1. The molecule has 2 atom stereocenters. The number of benzene rings is 1. The summed E-state index contributed by atoms with van der Waals surface area (Å²) in [6.45, 7) is 6.96. The monoisotopic (exact) mass is 264 g/mol. The molecule has 1 aromatic carbocycles. The minimum Gasteiger partial charge on any atom is -0.395 e. The lowest BCUT2D eigenvalue weighted by Gasteiger charge is -2.26. The minimum atomic E-state index is -0.119. The Kier molecular flexibility index (Phi) is 6.36. The summed E-state index contributed by atoms with van der Waals surface area (Å²) in [5.74, 6) is 0.248. The van der Waals surface area contributed by atoms with Crippen LogP contribution in [0.15, 0.2) is 30.3 Å². The van der Waals surface area contributed by atoms with Gasteiger partial charge in [0.25, 0.3) is 0 Å². The number of rotatable bonds is 6. The molecule has 0 aliphatic carbocycles. The predicted molar refractivity (Wildman–Crippen MR) is 77.2 cm³/mol. The van der Waals surface area contributed by atoms with Gasteiger partial charge in [0.2, 0.25) is 0 Å². The average Bonchev–Trinajstić information content (AvgIpc) is 2.44. The van der Waals surface area contributed by atoms with E-state index in [1.807, 2.05) is 32.0 Å². The molecular formula is C15H24N2O2. The molecule has 0 aliphatic rings. The van der Waals surface area contributed by atoms with E-state index in [9.17, 15) is 4.79 Å². The second kappa shape index (κ2) is 7.79. The zero-order chi connectivity index (χ0) is 14.3. The zero-order valence-electron chi connectivity index (χ0n) is 12.0. The van der Waals surface area contributed by atoms with Crippen molar-refractivity contribution in [3.05, 3.63) is 35.9 Å². The topological polar surface area (TPSA) is 52.6 Å². The van der Waals surface area contributed by atoms with Crippen LogP contribution in [0.5, 0.6) is 0 Å². The van der Waals surface area contributed by atoms with Gasteiger partial charge in [0.1, 0.15) is 0 Å². The van der Waals surface area contributed by atoms with E-state index in [2.05, 4.69) is 24.4 Å². The van der Waals surface area contributed by atoms with Crippen LogP contribution < -0.4 is 5.32 Å². The molecule has 0 saturated heterocycles. The van der Waals surface area contributed by atoms with Crippen molar-refractivity contribution in [2.24, 2.45) is 0 Å². The number of likely N-dealkylation sites (N-methyl/N-ethyl adjacent to an activating group) is 1. The van der Waals surface area contributed by atoms with Gasteiger partial charge in [0.15, 0.2) is 0 Å². The number of urea groups is 1. The molecule has 2 unspecified atom stereocenters. The first-order valence-corrected chi connectivity index (χ1v) is 6.81. The van der Waals surface area contributed by atoms with E-state index in [1.165, 1.54) is 5.56 Å². The Hall–Kier alpha value is -1.55. The lowest BCUT2D eigenvalue weighted by Crippen LogP contribution is -2.46. The molecule has 4 heteroatoms. The van der Waals surface area contributed by atoms with E-state index >= 15 is 0 Å². The Bertz CT molecular complexity index is 381. The van der Waals surface area contributed by atoms with Crippen LogP contribution in [0.3, 0.4) is 0 Å². The molecule has 2 amide bonds. The number of hydrogen-bond acceptors (Lipinski definition) is 2. The van der Waals surface area contributed by atoms with Crippen LogP contribution in [0.25, 0.3) is 0 Å². The molecule has 2 N–H and O–H groups in total. The Balaban J connectivity index is 2.59. The normalized spacial score (nSPS) is 13.7. The van der Waals surface area contributed by atoms with Gasteiger partial charge in [0, 0.05) is 25.0 Å². The molecular weight excluding hydrogens is 240 g/mol. The minimum absolute atomic E-state index is 0.0100. The van der Waals surface area contributed by atoms with Gasteiger partial charge in [-0.3, -0.25) is 0 Å². The first-order valence-electron chi connectivity index (χ1n) is 6.81. The van der Waals surface area contributed by atoms with Crippen LogP contribution in [0.1, 0.15) is 32.3 Å². The maximum Gasteiger partial charge on any atom is 0.317 e. The first-order chi connectivity index (χ1) is 9.10. The third-order valence-corrected chi connectivity index (χ3v) is 3.47. The van der Waals surface area contributed by atoms with Crippen LogP contribution in [0, 0.1) is 0 Å². The van der Waals surface area contributed by atoms with Gasteiger partial charge in [-0.2, -0.15) is 0 Å². The number of aliphatic hydroxyl groups excluding tert-OH is 1. The Morgan fingerprint density at radius 3 is 2.47 bits per heavy atom. The van der Waals surface area contributed by atoms with E-state index in [0.717, 1.165) is 0 Å². The van der Waals surface area contributed by atoms with Crippen LogP contribution in [-0.4, -0.2) is 41.8 Å². The molecule has 1 rings (SSSR count). The smallest absolute Gasteiger partial charge is 0.317 e. The van der Waals surface area contributed by atoms with Gasteiger partial charge in [-0.15, -0.1) is 0 Å². The SMILES string of the molecule is CCN(CCO)C(=O)NC(C)C(C)c1ccccc1. The summed E-state index contributed by atoms with van der Waals surface area (Å²) in [4.78, 5) is 13.6. The molecule has 4 nitrogen and oxygen atoms in total. The summed E-state index contributed by atoms with van der Waals surface area (Å²) in [6, 6.07) is 10.1. The van der Waals surface area contributed by atoms with E-state index in [-0.39, 0.29) is 24.6 Å². The van der Waals surface area contributed by atoms with Gasteiger partial charge in [-0.25, -0.2) is 4.79 Å². The third kappa shape index (κ3) is 4.56. The van der Waals surface area contributed by atoms with Crippen LogP contribution >= 0.6 is 0 Å². The largest absolute Gasteiger partial charge is 0.395 e. The van der Waals surface area contributed by atoms with Gasteiger partial charge < -0.3 is 15.3 Å². The van der Waals surface area contributed by atoms with E-state index in [0.29, 0.717) is 13.1 Å². The second-order valence-corrected chi connectivity index (χ2v) is 4.74. The quantitative estimate of drug-likeness (QED) is 0.827. The molecule has 0 aliphatic heterocycles. The summed E-state index contributed by atoms with van der Waals surface area (Å²) in [5, 5.41) is 11.9. The average molecular weight is 264 g/mol. The lowest BCUT2D eigenvalue weighted by molar-refractivity contribution is 0.176. The first kappa shape index (κ1) is 15.5. The molecule has 19 heavy (non-hydrogen) atoms. The number of aliphatic hydroxyl groups is 1. The summed E-state index contributed by atoms with van der Waals surface area (Å²) in [6.07, 6.45) is 0. The van der Waals surface area contributed by atoms with Crippen LogP contribution in [0.4, 0.5) is 4.79 Å². The van der Waals surface area contributed by atoms with Crippen molar-refractivity contribution in [2.45, 2.75) is 32.7 Å². The molecule has 0 aromatic heterocycles. The summed E-state index contributed by atoms with van der Waals surface area (Å²) >= 11 is 0. The molecule has 0 fully saturated rings. The number of carbonyl (C=O) groups excluding carboxylic acids is 1. The Labute approximate surface area is 115 Å². The molecule has 1 aromatic rings. The fourth-order valence-corrected chi connectivity index (χ4v) is 1.98. The van der Waals surface area contributed by atoms with Gasteiger partial charge in [0.05, 0.1) is 6.61 Å². The highest BCUT2D eigenvalue weighted by molar-refractivity contribution is 5.74. The molecule has 0 bridgehead atoms. The summed E-state index contributed by atoms with van der Waals surface area (Å²) in [7, 11) is 0.